The average Bonchev–Trinajstić information content (AvgIpc) is 3.02. The zero-order chi connectivity index (χ0) is 18.7. The van der Waals surface area contributed by atoms with E-state index in [-0.39, 0.29) is 16.3 Å². The van der Waals surface area contributed by atoms with E-state index >= 15 is 0 Å². The van der Waals surface area contributed by atoms with E-state index in [0.29, 0.717) is 16.0 Å². The molecule has 2 aromatic heterocycles. The Kier molecular flexibility index (Phi) is 5.85. The Morgan fingerprint density at radius 3 is 2.92 bits per heavy atom. The third-order valence-electron chi connectivity index (χ3n) is 3.32. The van der Waals surface area contributed by atoms with Crippen molar-refractivity contribution in [3.05, 3.63) is 74.0 Å². The number of nitrogens with zero attached hydrogens (tertiary/aromatic N) is 2. The smallest absolute Gasteiger partial charge is 0.345 e. The third kappa shape index (κ3) is 4.38. The van der Waals surface area contributed by atoms with Gasteiger partial charge < -0.3 is 13.7 Å². The van der Waals surface area contributed by atoms with Crippen LogP contribution in [0, 0.1) is 0 Å². The van der Waals surface area contributed by atoms with Crippen LogP contribution in [-0.2, 0) is 12.8 Å². The molecular weight excluding hydrogens is 444 g/mol. The van der Waals surface area contributed by atoms with Gasteiger partial charge in [0, 0.05) is 30.0 Å². The lowest BCUT2D eigenvalue weighted by Crippen LogP contribution is -2.15. The van der Waals surface area contributed by atoms with Crippen molar-refractivity contribution in [1.29, 1.82) is 0 Å². The van der Waals surface area contributed by atoms with Crippen molar-refractivity contribution < 1.29 is 13.9 Å². The van der Waals surface area contributed by atoms with Crippen LogP contribution in [0.2, 0.25) is 5.02 Å². The maximum absolute atomic E-state index is 12.2. The lowest BCUT2D eigenvalue weighted by Gasteiger charge is -2.06. The van der Waals surface area contributed by atoms with Crippen molar-refractivity contribution in [3.8, 4) is 5.75 Å². The van der Waals surface area contributed by atoms with Crippen LogP contribution in [0.3, 0.4) is 0 Å². The summed E-state index contributed by atoms with van der Waals surface area (Å²) in [4.78, 5) is 28.6. The number of hydrogen-bond acceptors (Lipinski definition) is 6. The molecule has 1 aromatic carbocycles. The molecule has 0 atom stereocenters. The summed E-state index contributed by atoms with van der Waals surface area (Å²) < 4.78 is 13.0. The Morgan fingerprint density at radius 1 is 1.42 bits per heavy atom. The minimum atomic E-state index is -0.737. The Morgan fingerprint density at radius 2 is 2.23 bits per heavy atom. The summed E-state index contributed by atoms with van der Waals surface area (Å²) in [5.74, 6) is -0.0648. The van der Waals surface area contributed by atoms with Gasteiger partial charge in [0.05, 0.1) is 16.3 Å². The highest BCUT2D eigenvalue weighted by atomic mass is 79.9. The Labute approximate surface area is 166 Å². The van der Waals surface area contributed by atoms with Crippen molar-refractivity contribution in [1.82, 2.24) is 9.55 Å². The SMILES string of the molecule is Cn1ccnc1SCc1cc(=O)c(OC(=O)c2cc(Br)ccc2Cl)co1. The van der Waals surface area contributed by atoms with Gasteiger partial charge in [-0.2, -0.15) is 0 Å². The number of thioether (sulfide) groups is 1. The Balaban J connectivity index is 1.71. The summed E-state index contributed by atoms with van der Waals surface area (Å²) in [5.41, 5.74) is -0.305. The van der Waals surface area contributed by atoms with Gasteiger partial charge >= 0.3 is 5.97 Å². The third-order valence-corrected chi connectivity index (χ3v) is 5.23. The van der Waals surface area contributed by atoms with Crippen molar-refractivity contribution in [2.24, 2.45) is 7.05 Å². The normalized spacial score (nSPS) is 10.7. The number of hydrogen-bond donors (Lipinski definition) is 0. The zero-order valence-corrected chi connectivity index (χ0v) is 16.6. The second kappa shape index (κ2) is 8.11. The van der Waals surface area contributed by atoms with Crippen LogP contribution in [0.5, 0.6) is 5.75 Å². The van der Waals surface area contributed by atoms with Gasteiger partial charge in [-0.3, -0.25) is 4.79 Å². The molecule has 0 bridgehead atoms. The molecule has 3 aromatic rings. The molecule has 0 amide bonds. The Bertz CT molecular complexity index is 1020. The molecule has 0 spiro atoms. The summed E-state index contributed by atoms with van der Waals surface area (Å²) in [5, 5.41) is 1.03. The molecule has 0 fully saturated rings. The summed E-state index contributed by atoms with van der Waals surface area (Å²) in [6, 6.07) is 6.06. The molecule has 26 heavy (non-hydrogen) atoms. The van der Waals surface area contributed by atoms with E-state index in [0.717, 1.165) is 11.4 Å². The minimum Gasteiger partial charge on any atom is -0.464 e. The monoisotopic (exact) mass is 454 g/mol. The number of benzene rings is 1. The highest BCUT2D eigenvalue weighted by Gasteiger charge is 2.16. The van der Waals surface area contributed by atoms with E-state index < -0.39 is 11.4 Å². The van der Waals surface area contributed by atoms with Crippen LogP contribution in [0.15, 0.2) is 61.8 Å². The fraction of sp³-hybridized carbons (Fsp3) is 0.118. The molecule has 0 N–H and O–H groups in total. The minimum absolute atomic E-state index is 0.148. The molecule has 0 aliphatic carbocycles. The van der Waals surface area contributed by atoms with Crippen LogP contribution < -0.4 is 10.2 Å². The highest BCUT2D eigenvalue weighted by molar-refractivity contribution is 9.10. The molecular formula is C17H12BrClN2O4S. The number of carbonyl (C=O) groups is 1. The maximum atomic E-state index is 12.2. The van der Waals surface area contributed by atoms with E-state index in [1.54, 1.807) is 18.3 Å². The zero-order valence-electron chi connectivity index (χ0n) is 13.4. The first-order chi connectivity index (χ1) is 12.4. The molecule has 0 aliphatic heterocycles. The van der Waals surface area contributed by atoms with Crippen LogP contribution in [0.1, 0.15) is 16.1 Å². The second-order valence-corrected chi connectivity index (χ2v) is 7.46. The fourth-order valence-electron chi connectivity index (χ4n) is 2.02. The van der Waals surface area contributed by atoms with Crippen LogP contribution in [0.25, 0.3) is 0 Å². The topological polar surface area (TPSA) is 74.3 Å². The van der Waals surface area contributed by atoms with Crippen LogP contribution >= 0.6 is 39.3 Å². The van der Waals surface area contributed by atoms with E-state index in [1.807, 2.05) is 17.8 Å². The van der Waals surface area contributed by atoms with Gasteiger partial charge in [0.15, 0.2) is 5.16 Å². The number of rotatable bonds is 5. The van der Waals surface area contributed by atoms with Crippen molar-refractivity contribution in [2.45, 2.75) is 10.9 Å². The van der Waals surface area contributed by atoms with Gasteiger partial charge in [0.1, 0.15) is 12.0 Å². The first-order valence-corrected chi connectivity index (χ1v) is 9.49. The summed E-state index contributed by atoms with van der Waals surface area (Å²) in [7, 11) is 1.88. The Hall–Kier alpha value is -2.03. The number of aryl methyl sites for hydroxylation is 1. The predicted octanol–water partition coefficient (Wildman–Crippen LogP) is 4.30. The standard InChI is InChI=1S/C17H12BrClN2O4S/c1-21-5-4-20-17(21)26-9-11-7-14(22)15(8-24-11)25-16(23)12-6-10(18)2-3-13(12)19/h2-8H,9H2,1H3. The number of carbonyl (C=O) groups excluding carboxylic acids is 1. The number of esters is 1. The van der Waals surface area contributed by atoms with Gasteiger partial charge in [-0.25, -0.2) is 9.78 Å². The van der Waals surface area contributed by atoms with E-state index in [4.69, 9.17) is 20.8 Å². The molecule has 2 heterocycles. The molecule has 6 nitrogen and oxygen atoms in total. The largest absolute Gasteiger partial charge is 0.464 e. The molecule has 9 heteroatoms. The van der Waals surface area contributed by atoms with Gasteiger partial charge in [0.25, 0.3) is 0 Å². The quantitative estimate of drug-likeness (QED) is 0.422. The lowest BCUT2D eigenvalue weighted by molar-refractivity contribution is 0.0729. The molecule has 0 aliphatic rings. The lowest BCUT2D eigenvalue weighted by atomic mass is 10.2. The molecule has 134 valence electrons. The fourth-order valence-corrected chi connectivity index (χ4v) is 3.40. The van der Waals surface area contributed by atoms with Crippen LogP contribution in [0.4, 0.5) is 0 Å². The van der Waals surface area contributed by atoms with Gasteiger partial charge in [-0.1, -0.05) is 39.3 Å². The average molecular weight is 456 g/mol. The van der Waals surface area contributed by atoms with E-state index in [9.17, 15) is 9.59 Å². The molecule has 0 saturated carbocycles. The maximum Gasteiger partial charge on any atom is 0.345 e. The highest BCUT2D eigenvalue weighted by Crippen LogP contribution is 2.23. The summed E-state index contributed by atoms with van der Waals surface area (Å²) in [6.45, 7) is 0. The molecule has 0 saturated heterocycles. The van der Waals surface area contributed by atoms with Crippen molar-refractivity contribution in [3.63, 3.8) is 0 Å². The van der Waals surface area contributed by atoms with Gasteiger partial charge in [0.2, 0.25) is 11.2 Å². The molecule has 3 rings (SSSR count). The van der Waals surface area contributed by atoms with Gasteiger partial charge in [-0.05, 0) is 18.2 Å². The number of imidazole rings is 1. The van der Waals surface area contributed by atoms with Crippen LogP contribution in [-0.4, -0.2) is 15.5 Å². The number of aromatic nitrogens is 2. The predicted molar refractivity (Wildman–Crippen MR) is 102 cm³/mol. The summed E-state index contributed by atoms with van der Waals surface area (Å²) in [6.07, 6.45) is 4.64. The second-order valence-electron chi connectivity index (χ2n) is 5.20. The molecule has 0 unspecified atom stereocenters. The first kappa shape index (κ1) is 18.8. The van der Waals surface area contributed by atoms with Gasteiger partial charge in [-0.15, -0.1) is 0 Å². The van der Waals surface area contributed by atoms with E-state index in [1.165, 1.54) is 23.9 Å². The van der Waals surface area contributed by atoms with Crippen molar-refractivity contribution >= 4 is 45.3 Å². The number of ether oxygens (including phenoxy) is 1. The summed E-state index contributed by atoms with van der Waals surface area (Å²) >= 11 is 10.7. The molecule has 0 radical (unpaired) electrons. The van der Waals surface area contributed by atoms with E-state index in [2.05, 4.69) is 20.9 Å². The first-order valence-electron chi connectivity index (χ1n) is 7.33. The number of halogens is 2. The van der Waals surface area contributed by atoms with Crippen molar-refractivity contribution in [2.75, 3.05) is 0 Å².